The van der Waals surface area contributed by atoms with E-state index >= 15 is 0 Å². The van der Waals surface area contributed by atoms with E-state index in [0.717, 1.165) is 12.8 Å². The van der Waals surface area contributed by atoms with Gasteiger partial charge in [-0.2, -0.15) is 0 Å². The summed E-state index contributed by atoms with van der Waals surface area (Å²) in [6, 6.07) is 0. The van der Waals surface area contributed by atoms with Gasteiger partial charge in [0.05, 0.1) is 6.61 Å². The number of thiol groups is 1. The monoisotopic (exact) mass is 214 g/mol. The molecule has 0 bridgehead atoms. The first-order chi connectivity index (χ1) is 3.77. The maximum Gasteiger partial charge on any atom is 2.00 e. The molecule has 48 valence electrons. The van der Waals surface area contributed by atoms with Crippen molar-refractivity contribution < 1.29 is 24.2 Å². The molecule has 4 heteroatoms. The van der Waals surface area contributed by atoms with Crippen molar-refractivity contribution in [3.8, 4) is 0 Å². The van der Waals surface area contributed by atoms with Crippen molar-refractivity contribution in [1.82, 2.24) is 0 Å². The first kappa shape index (κ1) is 12.5. The summed E-state index contributed by atoms with van der Waals surface area (Å²) >= 11 is 8.33. The van der Waals surface area contributed by atoms with Crippen molar-refractivity contribution in [3.05, 3.63) is 0 Å². The zero-order valence-corrected chi connectivity index (χ0v) is 10.3. The van der Waals surface area contributed by atoms with Gasteiger partial charge in [0.25, 0.3) is 0 Å². The minimum atomic E-state index is 0. The van der Waals surface area contributed by atoms with Crippen LogP contribution in [0.2, 0.25) is 0 Å². The quantitative estimate of drug-likeness (QED) is 0.334. The van der Waals surface area contributed by atoms with E-state index < -0.39 is 0 Å². The Labute approximate surface area is 79.7 Å². The van der Waals surface area contributed by atoms with Gasteiger partial charge in [-0.3, -0.25) is 0 Å². The molecule has 0 N–H and O–H groups in total. The van der Waals surface area contributed by atoms with Gasteiger partial charge in [-0.15, -0.1) is 0 Å². The minimum absolute atomic E-state index is 0. The Morgan fingerprint density at radius 3 is 2.56 bits per heavy atom. The smallest absolute Gasteiger partial charge is 0.479 e. The maximum atomic E-state index is 4.88. The number of ether oxygens (including phenoxy) is 1. The van der Waals surface area contributed by atoms with E-state index in [1.165, 1.54) is 0 Å². The molecule has 0 aromatic rings. The summed E-state index contributed by atoms with van der Waals surface area (Å²) in [5.74, 6) is 0. The van der Waals surface area contributed by atoms with Gasteiger partial charge in [-0.1, -0.05) is 26.0 Å². The summed E-state index contributed by atoms with van der Waals surface area (Å²) in [4.78, 5) is 0. The minimum Gasteiger partial charge on any atom is -0.479 e. The molecule has 0 spiro atoms. The van der Waals surface area contributed by atoms with E-state index in [9.17, 15) is 0 Å². The van der Waals surface area contributed by atoms with Gasteiger partial charge in [-0.25, -0.2) is 0 Å². The van der Waals surface area contributed by atoms with Crippen LogP contribution in [0.4, 0.5) is 0 Å². The fourth-order valence-corrected chi connectivity index (χ4v) is 0.478. The van der Waals surface area contributed by atoms with Crippen molar-refractivity contribution in [2.75, 3.05) is 6.61 Å². The molecule has 1 nitrogen and oxygen atoms in total. The van der Waals surface area contributed by atoms with Crippen LogP contribution < -0.4 is 0 Å². The van der Waals surface area contributed by atoms with Gasteiger partial charge in [0.1, 0.15) is 0 Å². The Bertz CT molecular complexity index is 77.4. The summed E-state index contributed by atoms with van der Waals surface area (Å²) < 4.78 is 5.22. The normalized spacial score (nSPS) is 7.78. The third-order valence-electron chi connectivity index (χ3n) is 0.723. The maximum absolute atomic E-state index is 4.88. The molecule has 0 aliphatic carbocycles. The van der Waals surface area contributed by atoms with Gasteiger partial charge < -0.3 is 4.74 Å². The van der Waals surface area contributed by atoms with Crippen LogP contribution in [0.3, 0.4) is 0 Å². The summed E-state index contributed by atoms with van der Waals surface area (Å²) in [5.41, 5.74) is 0. The molecule has 0 unspecified atom stereocenters. The van der Waals surface area contributed by atoms with Crippen LogP contribution in [0.25, 0.3) is 0 Å². The molecule has 0 fully saturated rings. The molecule has 0 saturated heterocycles. The molecular formula is C5H10OS2Zn+2. The van der Waals surface area contributed by atoms with Crippen LogP contribution >= 0.6 is 24.8 Å². The standard InChI is InChI=1S/C5H10OS2.Zn/c1-2-3-4-6-5(7)8;/h2-4H2,1H3,(H,7,8);/q;+2. The first-order valence-electron chi connectivity index (χ1n) is 2.63. The first-order valence-corrected chi connectivity index (χ1v) is 3.48. The van der Waals surface area contributed by atoms with Gasteiger partial charge in [0.15, 0.2) is 0 Å². The second-order valence-electron chi connectivity index (χ2n) is 1.47. The van der Waals surface area contributed by atoms with E-state index in [-0.39, 0.29) is 19.5 Å². The molecule has 0 heterocycles. The number of unbranched alkanes of at least 4 members (excludes halogenated alkanes) is 1. The molecule has 0 saturated carbocycles. The van der Waals surface area contributed by atoms with Gasteiger partial charge in [0, 0.05) is 0 Å². The predicted molar refractivity (Wildman–Crippen MR) is 42.4 cm³/mol. The van der Waals surface area contributed by atoms with E-state index in [4.69, 9.17) is 4.74 Å². The Morgan fingerprint density at radius 1 is 1.67 bits per heavy atom. The van der Waals surface area contributed by atoms with E-state index in [1.807, 2.05) is 0 Å². The SMILES string of the molecule is CCCCOC(=S)S.[Zn+2]. The van der Waals surface area contributed by atoms with Gasteiger partial charge in [0.2, 0.25) is 4.38 Å². The van der Waals surface area contributed by atoms with Crippen LogP contribution in [0, 0.1) is 0 Å². The molecule has 0 aliphatic rings. The Balaban J connectivity index is 0. The summed E-state index contributed by atoms with van der Waals surface area (Å²) in [6.07, 6.45) is 2.19. The van der Waals surface area contributed by atoms with E-state index in [0.29, 0.717) is 11.0 Å². The second kappa shape index (κ2) is 8.86. The van der Waals surface area contributed by atoms with Crippen molar-refractivity contribution in [3.63, 3.8) is 0 Å². The van der Waals surface area contributed by atoms with E-state index in [1.54, 1.807) is 0 Å². The third-order valence-corrected chi connectivity index (χ3v) is 0.970. The fraction of sp³-hybridized carbons (Fsp3) is 0.800. The van der Waals surface area contributed by atoms with Crippen molar-refractivity contribution in [2.24, 2.45) is 0 Å². The van der Waals surface area contributed by atoms with Gasteiger partial charge >= 0.3 is 19.5 Å². The average Bonchev–Trinajstić information content (AvgIpc) is 1.66. The number of hydrogen-bond acceptors (Lipinski definition) is 2. The number of rotatable bonds is 3. The summed E-state index contributed by atoms with van der Waals surface area (Å²) in [7, 11) is 0. The van der Waals surface area contributed by atoms with Crippen molar-refractivity contribution >= 4 is 29.2 Å². The molecule has 0 aromatic carbocycles. The van der Waals surface area contributed by atoms with Crippen LogP contribution in [0.1, 0.15) is 19.8 Å². The largest absolute Gasteiger partial charge is 2.00 e. The molecule has 0 rings (SSSR count). The zero-order chi connectivity index (χ0) is 6.41. The van der Waals surface area contributed by atoms with Crippen molar-refractivity contribution in [1.29, 1.82) is 0 Å². The Morgan fingerprint density at radius 2 is 2.22 bits per heavy atom. The predicted octanol–water partition coefficient (Wildman–Crippen LogP) is 2.02. The third kappa shape index (κ3) is 12.1. The molecular weight excluding hydrogens is 206 g/mol. The Kier molecular flexibility index (Phi) is 12.3. The molecule has 0 amide bonds. The second-order valence-corrected chi connectivity index (χ2v) is 2.55. The Hall–Kier alpha value is 0.863. The van der Waals surface area contributed by atoms with Gasteiger partial charge in [-0.05, 0) is 18.6 Å². The van der Waals surface area contributed by atoms with Crippen LogP contribution in [0.15, 0.2) is 0 Å². The van der Waals surface area contributed by atoms with Crippen LogP contribution in [-0.4, -0.2) is 11.0 Å². The summed E-state index contributed by atoms with van der Waals surface area (Å²) in [5, 5.41) is 0. The van der Waals surface area contributed by atoms with Crippen LogP contribution in [-0.2, 0) is 24.2 Å². The van der Waals surface area contributed by atoms with Crippen molar-refractivity contribution in [2.45, 2.75) is 19.8 Å². The number of thiocarbonyl (C=S) groups is 1. The van der Waals surface area contributed by atoms with E-state index in [2.05, 4.69) is 31.8 Å². The average molecular weight is 216 g/mol. The molecule has 0 atom stereocenters. The molecule has 0 aliphatic heterocycles. The zero-order valence-electron chi connectivity index (χ0n) is 5.59. The molecule has 9 heavy (non-hydrogen) atoms. The topological polar surface area (TPSA) is 9.23 Å². The summed E-state index contributed by atoms with van der Waals surface area (Å²) in [6.45, 7) is 2.81. The molecule has 0 radical (unpaired) electrons. The fourth-order valence-electron chi connectivity index (χ4n) is 0.304. The number of hydrogen-bond donors (Lipinski definition) is 1. The molecule has 0 aromatic heterocycles. The van der Waals surface area contributed by atoms with Crippen LogP contribution in [0.5, 0.6) is 0 Å².